The van der Waals surface area contributed by atoms with E-state index in [4.69, 9.17) is 4.74 Å². The Morgan fingerprint density at radius 2 is 1.56 bits per heavy atom. The standard InChI is InChI=1S/C26H33F3O3/c1-2-16-3-4-21-14-20(10-9-19(21)13-16)17-5-7-18(8-6-17)25(30)32-24-12-11-22(15-23(24)27)31-26(28)29/h2,11-12,15-21,26H,1,3-10,13-14H2. The van der Waals surface area contributed by atoms with Crippen LogP contribution in [0.5, 0.6) is 11.5 Å². The van der Waals surface area contributed by atoms with E-state index in [-0.39, 0.29) is 17.4 Å². The third-order valence-electron chi connectivity index (χ3n) is 8.14. The molecule has 0 N–H and O–H groups in total. The summed E-state index contributed by atoms with van der Waals surface area (Å²) >= 11 is 0. The quantitative estimate of drug-likeness (QED) is 0.262. The Bertz CT molecular complexity index is 804. The molecule has 3 aliphatic rings. The van der Waals surface area contributed by atoms with Crippen molar-refractivity contribution in [1.29, 1.82) is 0 Å². The van der Waals surface area contributed by atoms with Crippen molar-refractivity contribution in [2.24, 2.45) is 35.5 Å². The monoisotopic (exact) mass is 450 g/mol. The largest absolute Gasteiger partial charge is 0.435 e. The van der Waals surface area contributed by atoms with Gasteiger partial charge in [-0.3, -0.25) is 4.79 Å². The van der Waals surface area contributed by atoms with E-state index in [1.54, 1.807) is 0 Å². The highest BCUT2D eigenvalue weighted by Gasteiger charge is 2.39. The first kappa shape index (κ1) is 23.2. The fourth-order valence-electron chi connectivity index (χ4n) is 6.36. The number of benzene rings is 1. The Balaban J connectivity index is 1.25. The maximum absolute atomic E-state index is 14.1. The maximum atomic E-state index is 14.1. The number of hydrogen-bond donors (Lipinski definition) is 0. The molecule has 3 saturated carbocycles. The van der Waals surface area contributed by atoms with E-state index in [1.807, 2.05) is 0 Å². The van der Waals surface area contributed by atoms with Crippen LogP contribution in [0.4, 0.5) is 13.2 Å². The zero-order valence-electron chi connectivity index (χ0n) is 18.5. The lowest BCUT2D eigenvalue weighted by atomic mass is 9.61. The highest BCUT2D eigenvalue weighted by atomic mass is 19.3. The van der Waals surface area contributed by atoms with E-state index in [0.29, 0.717) is 11.8 Å². The summed E-state index contributed by atoms with van der Waals surface area (Å²) in [7, 11) is 0. The molecule has 0 aliphatic heterocycles. The van der Waals surface area contributed by atoms with Crippen molar-refractivity contribution in [2.45, 2.75) is 70.8 Å². The zero-order chi connectivity index (χ0) is 22.7. The van der Waals surface area contributed by atoms with Gasteiger partial charge >= 0.3 is 12.6 Å². The van der Waals surface area contributed by atoms with Crippen LogP contribution in [-0.2, 0) is 4.79 Å². The van der Waals surface area contributed by atoms with Crippen LogP contribution < -0.4 is 9.47 Å². The number of rotatable bonds is 6. The lowest BCUT2D eigenvalue weighted by molar-refractivity contribution is -0.140. The summed E-state index contributed by atoms with van der Waals surface area (Å²) < 4.78 is 48.0. The van der Waals surface area contributed by atoms with Crippen molar-refractivity contribution in [3.05, 3.63) is 36.7 Å². The van der Waals surface area contributed by atoms with E-state index in [1.165, 1.54) is 44.6 Å². The van der Waals surface area contributed by atoms with E-state index in [9.17, 15) is 18.0 Å². The first-order chi connectivity index (χ1) is 15.4. The van der Waals surface area contributed by atoms with Crippen molar-refractivity contribution < 1.29 is 27.4 Å². The molecule has 1 aromatic carbocycles. The van der Waals surface area contributed by atoms with Gasteiger partial charge in [0.15, 0.2) is 11.6 Å². The summed E-state index contributed by atoms with van der Waals surface area (Å²) in [5.41, 5.74) is 0. The average molecular weight is 451 g/mol. The number of fused-ring (bicyclic) bond motifs is 1. The third-order valence-corrected chi connectivity index (χ3v) is 8.14. The Morgan fingerprint density at radius 1 is 0.938 bits per heavy atom. The van der Waals surface area contributed by atoms with Crippen molar-refractivity contribution >= 4 is 5.97 Å². The van der Waals surface area contributed by atoms with E-state index in [0.717, 1.165) is 55.6 Å². The predicted molar refractivity (Wildman–Crippen MR) is 116 cm³/mol. The zero-order valence-corrected chi connectivity index (χ0v) is 18.5. The van der Waals surface area contributed by atoms with Gasteiger partial charge in [-0.15, -0.1) is 6.58 Å². The van der Waals surface area contributed by atoms with Gasteiger partial charge in [0.25, 0.3) is 0 Å². The van der Waals surface area contributed by atoms with Gasteiger partial charge < -0.3 is 9.47 Å². The molecule has 4 unspecified atom stereocenters. The van der Waals surface area contributed by atoms with Crippen molar-refractivity contribution in [3.63, 3.8) is 0 Å². The summed E-state index contributed by atoms with van der Waals surface area (Å²) in [6.45, 7) is 0.953. The van der Waals surface area contributed by atoms with Crippen LogP contribution in [0, 0.1) is 41.3 Å². The Hall–Kier alpha value is -1.98. The van der Waals surface area contributed by atoms with E-state index < -0.39 is 18.4 Å². The van der Waals surface area contributed by atoms with Gasteiger partial charge in [-0.25, -0.2) is 4.39 Å². The number of carbonyl (C=O) groups excluding carboxylic acids is 1. The molecule has 3 aliphatic carbocycles. The Labute approximate surface area is 188 Å². The minimum atomic E-state index is -3.03. The predicted octanol–water partition coefficient (Wildman–Crippen LogP) is 7.16. The Morgan fingerprint density at radius 3 is 2.22 bits per heavy atom. The molecule has 6 heteroatoms. The minimum Gasteiger partial charge on any atom is -0.435 e. The molecule has 0 amide bonds. The van der Waals surface area contributed by atoms with Gasteiger partial charge in [0.1, 0.15) is 5.75 Å². The molecule has 32 heavy (non-hydrogen) atoms. The second-order valence-corrected chi connectivity index (χ2v) is 9.91. The summed E-state index contributed by atoms with van der Waals surface area (Å²) in [6, 6.07) is 3.15. The fraction of sp³-hybridized carbons (Fsp3) is 0.654. The van der Waals surface area contributed by atoms with E-state index >= 15 is 0 Å². The van der Waals surface area contributed by atoms with Gasteiger partial charge in [0.2, 0.25) is 0 Å². The Kier molecular flexibility index (Phi) is 7.47. The molecule has 0 radical (unpaired) electrons. The van der Waals surface area contributed by atoms with Gasteiger partial charge in [-0.1, -0.05) is 6.08 Å². The third kappa shape index (κ3) is 5.49. The first-order valence-electron chi connectivity index (χ1n) is 12.0. The second kappa shape index (κ2) is 10.3. The normalized spacial score (nSPS) is 32.8. The van der Waals surface area contributed by atoms with Gasteiger partial charge in [0, 0.05) is 6.07 Å². The highest BCUT2D eigenvalue weighted by Crippen LogP contribution is 2.49. The summed E-state index contributed by atoms with van der Waals surface area (Å²) in [4.78, 5) is 12.6. The van der Waals surface area contributed by atoms with Crippen molar-refractivity contribution in [2.75, 3.05) is 0 Å². The molecule has 0 saturated heterocycles. The smallest absolute Gasteiger partial charge is 0.387 e. The molecular formula is C26H33F3O3. The molecule has 0 bridgehead atoms. The SMILES string of the molecule is C=CC1CCC2CC(C3CCC(C(=O)Oc4ccc(OC(F)F)cc4F)CC3)CCC2C1. The van der Waals surface area contributed by atoms with Gasteiger partial charge in [0.05, 0.1) is 5.92 Å². The molecule has 4 rings (SSSR count). The number of halogens is 3. The van der Waals surface area contributed by atoms with Crippen molar-refractivity contribution in [3.8, 4) is 11.5 Å². The summed E-state index contributed by atoms with van der Waals surface area (Å²) in [5.74, 6) is 1.75. The second-order valence-electron chi connectivity index (χ2n) is 9.91. The van der Waals surface area contributed by atoms with Crippen LogP contribution in [0.15, 0.2) is 30.9 Å². The average Bonchev–Trinajstić information content (AvgIpc) is 2.79. The fourth-order valence-corrected chi connectivity index (χ4v) is 6.36. The lowest BCUT2D eigenvalue weighted by Gasteiger charge is -2.45. The summed E-state index contributed by atoms with van der Waals surface area (Å²) in [6.07, 6.45) is 13.6. The molecular weight excluding hydrogens is 417 g/mol. The molecule has 0 aromatic heterocycles. The molecule has 3 nitrogen and oxygen atoms in total. The van der Waals surface area contributed by atoms with Crippen LogP contribution in [0.2, 0.25) is 0 Å². The number of ether oxygens (including phenoxy) is 2. The lowest BCUT2D eigenvalue weighted by Crippen LogP contribution is -2.35. The topological polar surface area (TPSA) is 35.5 Å². The summed E-state index contributed by atoms with van der Waals surface area (Å²) in [5, 5.41) is 0. The number of hydrogen-bond acceptors (Lipinski definition) is 3. The molecule has 1 aromatic rings. The molecule has 3 fully saturated rings. The molecule has 176 valence electrons. The van der Waals surface area contributed by atoms with Crippen LogP contribution in [0.25, 0.3) is 0 Å². The number of allylic oxidation sites excluding steroid dienone is 1. The van der Waals surface area contributed by atoms with Crippen LogP contribution in [-0.4, -0.2) is 12.6 Å². The number of alkyl halides is 2. The number of esters is 1. The van der Waals surface area contributed by atoms with Gasteiger partial charge in [-0.05, 0) is 106 Å². The highest BCUT2D eigenvalue weighted by molar-refractivity contribution is 5.75. The van der Waals surface area contributed by atoms with Gasteiger partial charge in [-0.2, -0.15) is 8.78 Å². The van der Waals surface area contributed by atoms with E-state index in [2.05, 4.69) is 17.4 Å². The minimum absolute atomic E-state index is 0.234. The molecule has 4 atom stereocenters. The van der Waals surface area contributed by atoms with Crippen molar-refractivity contribution in [1.82, 2.24) is 0 Å². The van der Waals surface area contributed by atoms with Crippen LogP contribution in [0.1, 0.15) is 64.2 Å². The van der Waals surface area contributed by atoms with Crippen LogP contribution in [0.3, 0.4) is 0 Å². The molecule has 0 heterocycles. The maximum Gasteiger partial charge on any atom is 0.387 e. The first-order valence-corrected chi connectivity index (χ1v) is 12.0. The van der Waals surface area contributed by atoms with Crippen LogP contribution >= 0.6 is 0 Å². The number of carbonyl (C=O) groups is 1. The molecule has 0 spiro atoms.